The number of aliphatic imine (C=N–C) groups is 1. The molecule has 0 aliphatic heterocycles. The summed E-state index contributed by atoms with van der Waals surface area (Å²) in [6.45, 7) is 2.20. The van der Waals surface area contributed by atoms with E-state index in [9.17, 15) is 13.2 Å². The van der Waals surface area contributed by atoms with Crippen molar-refractivity contribution in [1.82, 2.24) is 15.2 Å². The molecule has 0 amide bonds. The first-order valence-corrected chi connectivity index (χ1v) is 9.99. The third kappa shape index (κ3) is 4.91. The van der Waals surface area contributed by atoms with Crippen LogP contribution in [-0.4, -0.2) is 33.8 Å². The van der Waals surface area contributed by atoms with Gasteiger partial charge in [0.25, 0.3) is 0 Å². The van der Waals surface area contributed by atoms with Crippen LogP contribution in [0.5, 0.6) is 5.75 Å². The Kier molecular flexibility index (Phi) is 5.19. The summed E-state index contributed by atoms with van der Waals surface area (Å²) in [5.74, 6) is 1.70. The Morgan fingerprint density at radius 1 is 1.27 bits per heavy atom. The van der Waals surface area contributed by atoms with Crippen LogP contribution in [-0.2, 0) is 5.54 Å². The first kappa shape index (κ1) is 20.6. The lowest BCUT2D eigenvalue weighted by molar-refractivity contribution is -0.153. The number of halogens is 3. The summed E-state index contributed by atoms with van der Waals surface area (Å²) in [5, 5.41) is 8.01. The molecule has 2 saturated carbocycles. The van der Waals surface area contributed by atoms with Crippen molar-refractivity contribution >= 4 is 5.84 Å². The number of hydrogen-bond donors (Lipinski definition) is 1. The standard InChI is InChI=1S/C20H24F3N5O2/c1-11-27-28-18(30-11)19(2,8-12-3-4-12)26-17(24)15-7-16(29-10-20(21,22)23)14(9-25-15)13-5-6-13/h7,9,12-13H,3-6,8,10H2,1-2H3,(H2,24,26)/t19-/m0/s1. The average molecular weight is 423 g/mol. The minimum absolute atomic E-state index is 0.0909. The fraction of sp³-hybridized carbons (Fsp3) is 0.600. The van der Waals surface area contributed by atoms with E-state index < -0.39 is 18.3 Å². The van der Waals surface area contributed by atoms with Crippen molar-refractivity contribution in [3.05, 3.63) is 35.3 Å². The van der Waals surface area contributed by atoms with E-state index in [1.807, 2.05) is 6.92 Å². The Labute approximate surface area is 171 Å². The number of aromatic nitrogens is 3. The maximum atomic E-state index is 12.7. The lowest BCUT2D eigenvalue weighted by Gasteiger charge is -2.22. The average Bonchev–Trinajstić information content (AvgIpc) is 3.59. The minimum Gasteiger partial charge on any atom is -0.484 e. The third-order valence-electron chi connectivity index (χ3n) is 5.30. The monoisotopic (exact) mass is 423 g/mol. The molecule has 0 aromatic carbocycles. The molecule has 2 aromatic heterocycles. The van der Waals surface area contributed by atoms with Gasteiger partial charge in [-0.3, -0.25) is 9.98 Å². The summed E-state index contributed by atoms with van der Waals surface area (Å²) in [6.07, 6.45) is 1.81. The molecule has 1 atom stereocenters. The lowest BCUT2D eigenvalue weighted by Crippen LogP contribution is -2.27. The van der Waals surface area contributed by atoms with E-state index in [1.165, 1.54) is 12.3 Å². The molecule has 2 heterocycles. The molecule has 2 N–H and O–H groups in total. The number of nitrogens with two attached hydrogens (primary N) is 1. The fourth-order valence-corrected chi connectivity index (χ4v) is 3.48. The van der Waals surface area contributed by atoms with Gasteiger partial charge in [-0.2, -0.15) is 13.2 Å². The van der Waals surface area contributed by atoms with Crippen LogP contribution in [0.3, 0.4) is 0 Å². The van der Waals surface area contributed by atoms with Crippen molar-refractivity contribution in [1.29, 1.82) is 0 Å². The molecule has 0 spiro atoms. The van der Waals surface area contributed by atoms with Gasteiger partial charge in [-0.05, 0) is 38.0 Å². The number of aryl methyl sites for hydroxylation is 1. The molecule has 7 nitrogen and oxygen atoms in total. The quantitative estimate of drug-likeness (QED) is 0.509. The Morgan fingerprint density at radius 2 is 2.00 bits per heavy atom. The van der Waals surface area contributed by atoms with Crippen LogP contribution in [0.4, 0.5) is 13.2 Å². The largest absolute Gasteiger partial charge is 0.484 e. The van der Waals surface area contributed by atoms with Crippen LogP contribution in [0.25, 0.3) is 0 Å². The smallest absolute Gasteiger partial charge is 0.422 e. The minimum atomic E-state index is -4.43. The van der Waals surface area contributed by atoms with E-state index in [0.717, 1.165) is 25.7 Å². The summed E-state index contributed by atoms with van der Waals surface area (Å²) >= 11 is 0. The maximum absolute atomic E-state index is 12.7. The van der Waals surface area contributed by atoms with Crippen LogP contribution in [0.2, 0.25) is 0 Å². The van der Waals surface area contributed by atoms with Crippen molar-refractivity contribution in [2.24, 2.45) is 16.6 Å². The molecule has 4 rings (SSSR count). The summed E-state index contributed by atoms with van der Waals surface area (Å²) in [4.78, 5) is 8.98. The van der Waals surface area contributed by atoms with Crippen molar-refractivity contribution in [3.8, 4) is 5.75 Å². The molecule has 162 valence electrons. The molecular formula is C20H24F3N5O2. The third-order valence-corrected chi connectivity index (χ3v) is 5.30. The molecule has 2 aromatic rings. The normalized spacial score (nSPS) is 19.6. The van der Waals surface area contributed by atoms with Gasteiger partial charge >= 0.3 is 6.18 Å². The Bertz CT molecular complexity index is 950. The highest BCUT2D eigenvalue weighted by molar-refractivity contribution is 5.96. The van der Waals surface area contributed by atoms with Crippen LogP contribution in [0.15, 0.2) is 21.7 Å². The number of hydrogen-bond acceptors (Lipinski definition) is 6. The van der Waals surface area contributed by atoms with E-state index >= 15 is 0 Å². The highest BCUT2D eigenvalue weighted by Crippen LogP contribution is 2.45. The van der Waals surface area contributed by atoms with E-state index in [4.69, 9.17) is 14.9 Å². The van der Waals surface area contributed by atoms with E-state index in [2.05, 4.69) is 20.2 Å². The van der Waals surface area contributed by atoms with Crippen molar-refractivity contribution < 1.29 is 22.3 Å². The van der Waals surface area contributed by atoms with Gasteiger partial charge in [-0.1, -0.05) is 12.8 Å². The van der Waals surface area contributed by atoms with Gasteiger partial charge in [0, 0.05) is 24.8 Å². The first-order chi connectivity index (χ1) is 14.1. The number of ether oxygens (including phenoxy) is 1. The lowest BCUT2D eigenvalue weighted by atomic mass is 9.95. The van der Waals surface area contributed by atoms with Gasteiger partial charge in [0.2, 0.25) is 11.8 Å². The Hall–Kier alpha value is -2.65. The zero-order valence-corrected chi connectivity index (χ0v) is 16.9. The van der Waals surface area contributed by atoms with Gasteiger partial charge in [-0.15, -0.1) is 10.2 Å². The van der Waals surface area contributed by atoms with Crippen molar-refractivity contribution in [2.45, 2.75) is 63.6 Å². The Morgan fingerprint density at radius 3 is 2.57 bits per heavy atom. The first-order valence-electron chi connectivity index (χ1n) is 9.99. The molecule has 30 heavy (non-hydrogen) atoms. The van der Waals surface area contributed by atoms with Crippen molar-refractivity contribution in [2.75, 3.05) is 6.61 Å². The maximum Gasteiger partial charge on any atom is 0.422 e. The molecule has 0 unspecified atom stereocenters. The summed E-state index contributed by atoms with van der Waals surface area (Å²) in [6, 6.07) is 1.44. The summed E-state index contributed by atoms with van der Waals surface area (Å²) in [7, 11) is 0. The van der Waals surface area contributed by atoms with Gasteiger partial charge in [0.1, 0.15) is 22.8 Å². The van der Waals surface area contributed by atoms with Gasteiger partial charge < -0.3 is 14.9 Å². The molecule has 0 saturated heterocycles. The van der Waals surface area contributed by atoms with E-state index in [1.54, 1.807) is 6.92 Å². The zero-order chi connectivity index (χ0) is 21.5. The molecule has 0 bridgehead atoms. The van der Waals surface area contributed by atoms with Crippen LogP contribution in [0.1, 0.15) is 68.0 Å². The Balaban J connectivity index is 1.64. The van der Waals surface area contributed by atoms with Crippen LogP contribution in [0, 0.1) is 12.8 Å². The summed E-state index contributed by atoms with van der Waals surface area (Å²) in [5.41, 5.74) is 6.33. The molecule has 2 aliphatic rings. The number of alkyl halides is 3. The van der Waals surface area contributed by atoms with Gasteiger partial charge in [0.05, 0.1) is 0 Å². The highest BCUT2D eigenvalue weighted by Gasteiger charge is 2.39. The molecule has 2 fully saturated rings. The number of rotatable bonds is 8. The second-order valence-electron chi connectivity index (χ2n) is 8.33. The van der Waals surface area contributed by atoms with Gasteiger partial charge in [0.15, 0.2) is 6.61 Å². The summed E-state index contributed by atoms with van der Waals surface area (Å²) < 4.78 is 48.7. The second-order valence-corrected chi connectivity index (χ2v) is 8.33. The molecule has 10 heteroatoms. The van der Waals surface area contributed by atoms with E-state index in [0.29, 0.717) is 29.7 Å². The van der Waals surface area contributed by atoms with Crippen molar-refractivity contribution in [3.63, 3.8) is 0 Å². The van der Waals surface area contributed by atoms with E-state index in [-0.39, 0.29) is 23.2 Å². The number of pyridine rings is 1. The van der Waals surface area contributed by atoms with Crippen LogP contribution < -0.4 is 10.5 Å². The zero-order valence-electron chi connectivity index (χ0n) is 16.9. The SMILES string of the molecule is Cc1nnc([C@](C)(CC2CC2)N=C(N)c2cc(OCC(F)(F)F)c(C3CC3)cn2)o1. The topological polar surface area (TPSA) is 99.4 Å². The van der Waals surface area contributed by atoms with Gasteiger partial charge in [-0.25, -0.2) is 0 Å². The molecule has 2 aliphatic carbocycles. The number of amidine groups is 1. The number of nitrogens with zero attached hydrogens (tertiary/aromatic N) is 4. The predicted octanol–water partition coefficient (Wildman–Crippen LogP) is 4.01. The molecular weight excluding hydrogens is 399 g/mol. The van der Waals surface area contributed by atoms with Crippen LogP contribution >= 0.6 is 0 Å². The predicted molar refractivity (Wildman–Crippen MR) is 102 cm³/mol. The second kappa shape index (κ2) is 7.55. The molecule has 0 radical (unpaired) electrons. The fourth-order valence-electron chi connectivity index (χ4n) is 3.48. The highest BCUT2D eigenvalue weighted by atomic mass is 19.4.